The Morgan fingerprint density at radius 1 is 1.40 bits per heavy atom. The molecule has 25 heavy (non-hydrogen) atoms. The van der Waals surface area contributed by atoms with E-state index in [0.717, 1.165) is 17.1 Å². The first kappa shape index (κ1) is 18.2. The summed E-state index contributed by atoms with van der Waals surface area (Å²) >= 11 is 7.54. The predicted molar refractivity (Wildman–Crippen MR) is 99.0 cm³/mol. The zero-order valence-electron chi connectivity index (χ0n) is 13.8. The topological polar surface area (TPSA) is 50.8 Å². The van der Waals surface area contributed by atoms with Crippen molar-refractivity contribution < 1.29 is 14.3 Å². The fraction of sp³-hybridized carbons (Fsp3) is 0.389. The molecule has 0 bridgehead atoms. The van der Waals surface area contributed by atoms with Gasteiger partial charge in [0.2, 0.25) is 0 Å². The lowest BCUT2D eigenvalue weighted by Crippen LogP contribution is -2.49. The molecule has 3 rings (SSSR count). The predicted octanol–water partition coefficient (Wildman–Crippen LogP) is 3.53. The smallest absolute Gasteiger partial charge is 0.410 e. The summed E-state index contributed by atoms with van der Waals surface area (Å²) < 4.78 is 11.1. The van der Waals surface area contributed by atoms with Gasteiger partial charge in [-0.1, -0.05) is 41.9 Å². The minimum atomic E-state index is -0.290. The lowest BCUT2D eigenvalue weighted by molar-refractivity contribution is -0.0271. The highest BCUT2D eigenvalue weighted by Gasteiger charge is 2.25. The van der Waals surface area contributed by atoms with Crippen molar-refractivity contribution >= 4 is 29.0 Å². The Kier molecular flexibility index (Phi) is 6.69. The van der Waals surface area contributed by atoms with Gasteiger partial charge in [-0.3, -0.25) is 0 Å². The number of hydrogen-bond acceptors (Lipinski definition) is 5. The van der Waals surface area contributed by atoms with Crippen molar-refractivity contribution in [3.8, 4) is 0 Å². The van der Waals surface area contributed by atoms with Crippen LogP contribution < -0.4 is 5.32 Å². The van der Waals surface area contributed by atoms with Crippen molar-refractivity contribution in [1.29, 1.82) is 0 Å². The Morgan fingerprint density at radius 2 is 2.24 bits per heavy atom. The lowest BCUT2D eigenvalue weighted by atomic mass is 10.2. The van der Waals surface area contributed by atoms with Crippen LogP contribution in [0.5, 0.6) is 0 Å². The monoisotopic (exact) mass is 380 g/mol. The number of halogens is 1. The van der Waals surface area contributed by atoms with E-state index in [1.54, 1.807) is 16.2 Å². The van der Waals surface area contributed by atoms with Gasteiger partial charge in [-0.2, -0.15) is 0 Å². The van der Waals surface area contributed by atoms with Gasteiger partial charge in [-0.15, -0.1) is 11.3 Å². The molecule has 5 nitrogen and oxygen atoms in total. The Morgan fingerprint density at radius 3 is 3.00 bits per heavy atom. The van der Waals surface area contributed by atoms with E-state index in [0.29, 0.717) is 32.8 Å². The zero-order valence-corrected chi connectivity index (χ0v) is 15.4. The fourth-order valence-electron chi connectivity index (χ4n) is 2.62. The fourth-order valence-corrected chi connectivity index (χ4v) is 3.66. The summed E-state index contributed by atoms with van der Waals surface area (Å²) in [5.41, 5.74) is 0.983. The number of nitrogens with one attached hydrogen (secondary N) is 1. The highest BCUT2D eigenvalue weighted by atomic mass is 35.5. The lowest BCUT2D eigenvalue weighted by Gasteiger charge is -2.32. The van der Waals surface area contributed by atoms with Gasteiger partial charge in [0.25, 0.3) is 0 Å². The number of carbonyl (C=O) groups excluding carboxylic acids is 1. The first-order chi connectivity index (χ1) is 12.2. The molecule has 1 aliphatic rings. The third-order valence-electron chi connectivity index (χ3n) is 3.90. The second kappa shape index (κ2) is 9.20. The number of thiophene rings is 1. The van der Waals surface area contributed by atoms with E-state index >= 15 is 0 Å². The Labute approximate surface area is 156 Å². The molecule has 1 atom stereocenters. The molecule has 0 saturated carbocycles. The van der Waals surface area contributed by atoms with Gasteiger partial charge in [0.15, 0.2) is 0 Å². The second-order valence-corrected chi connectivity index (χ2v) is 7.27. The number of hydrogen-bond donors (Lipinski definition) is 1. The molecular formula is C18H21ClN2O3S. The zero-order chi connectivity index (χ0) is 17.5. The number of nitrogens with zero attached hydrogens (tertiary/aromatic N) is 1. The van der Waals surface area contributed by atoms with Gasteiger partial charge in [-0.05, 0) is 11.6 Å². The second-order valence-electron chi connectivity index (χ2n) is 5.84. The average Bonchev–Trinajstić information content (AvgIpc) is 3.06. The van der Waals surface area contributed by atoms with E-state index in [2.05, 4.69) is 5.32 Å². The largest absolute Gasteiger partial charge is 0.445 e. The molecule has 1 unspecified atom stereocenters. The van der Waals surface area contributed by atoms with Gasteiger partial charge in [0.1, 0.15) is 6.61 Å². The number of benzene rings is 1. The molecule has 1 aromatic heterocycles. The summed E-state index contributed by atoms with van der Waals surface area (Å²) in [6, 6.07) is 11.6. The molecule has 1 aliphatic heterocycles. The molecule has 1 amide bonds. The van der Waals surface area contributed by atoms with Gasteiger partial charge >= 0.3 is 6.09 Å². The summed E-state index contributed by atoms with van der Waals surface area (Å²) in [7, 11) is 0. The molecule has 1 fully saturated rings. The third-order valence-corrected chi connectivity index (χ3v) is 5.18. The average molecular weight is 381 g/mol. The van der Waals surface area contributed by atoms with Crippen molar-refractivity contribution in [3.05, 3.63) is 57.2 Å². The van der Waals surface area contributed by atoms with Gasteiger partial charge in [0.05, 0.1) is 24.3 Å². The Bertz CT molecular complexity index is 680. The van der Waals surface area contributed by atoms with E-state index in [9.17, 15) is 4.79 Å². The maximum atomic E-state index is 12.2. The molecule has 0 aliphatic carbocycles. The van der Waals surface area contributed by atoms with E-state index in [4.69, 9.17) is 21.1 Å². The maximum Gasteiger partial charge on any atom is 0.410 e. The van der Waals surface area contributed by atoms with Crippen LogP contribution >= 0.6 is 22.9 Å². The minimum Gasteiger partial charge on any atom is -0.445 e. The molecule has 7 heteroatoms. The standard InChI is InChI=1S/C18H21ClN2O3S/c19-15-8-17(25-13-15)10-20-9-16-11-21(6-7-23-16)18(22)24-12-14-4-2-1-3-5-14/h1-5,8,13,16,20H,6-7,9-12H2. The van der Waals surface area contributed by atoms with Gasteiger partial charge < -0.3 is 19.7 Å². The van der Waals surface area contributed by atoms with E-state index in [-0.39, 0.29) is 12.2 Å². The number of amides is 1. The molecule has 2 aromatic rings. The Hall–Kier alpha value is -1.60. The maximum absolute atomic E-state index is 12.2. The first-order valence-corrected chi connectivity index (χ1v) is 9.47. The van der Waals surface area contributed by atoms with Crippen LogP contribution in [0.4, 0.5) is 4.79 Å². The summed E-state index contributed by atoms with van der Waals surface area (Å²) in [5.74, 6) is 0. The molecule has 1 aromatic carbocycles. The molecule has 1 N–H and O–H groups in total. The summed E-state index contributed by atoms with van der Waals surface area (Å²) in [5, 5.41) is 6.03. The number of ether oxygens (including phenoxy) is 2. The van der Waals surface area contributed by atoms with Crippen molar-refractivity contribution in [2.24, 2.45) is 0 Å². The van der Waals surface area contributed by atoms with E-state index in [1.807, 2.05) is 41.8 Å². The van der Waals surface area contributed by atoms with Crippen LogP contribution in [-0.2, 0) is 22.6 Å². The van der Waals surface area contributed by atoms with Crippen molar-refractivity contribution in [2.45, 2.75) is 19.3 Å². The normalized spacial score (nSPS) is 17.5. The first-order valence-electron chi connectivity index (χ1n) is 8.21. The minimum absolute atomic E-state index is 0.0338. The quantitative estimate of drug-likeness (QED) is 0.832. The van der Waals surface area contributed by atoms with Crippen LogP contribution in [0.25, 0.3) is 0 Å². The van der Waals surface area contributed by atoms with Crippen LogP contribution in [0, 0.1) is 0 Å². The molecule has 0 radical (unpaired) electrons. The number of carbonyl (C=O) groups is 1. The molecular weight excluding hydrogens is 360 g/mol. The SMILES string of the molecule is O=C(OCc1ccccc1)N1CCOC(CNCc2cc(Cl)cs2)C1. The third kappa shape index (κ3) is 5.71. The van der Waals surface area contributed by atoms with E-state index < -0.39 is 0 Å². The Balaban J connectivity index is 1.40. The summed E-state index contributed by atoms with van der Waals surface area (Å²) in [6.45, 7) is 3.33. The number of rotatable bonds is 6. The molecule has 134 valence electrons. The van der Waals surface area contributed by atoms with Crippen LogP contribution in [0.15, 0.2) is 41.8 Å². The van der Waals surface area contributed by atoms with Gasteiger partial charge in [-0.25, -0.2) is 4.79 Å². The van der Waals surface area contributed by atoms with Crippen LogP contribution in [0.1, 0.15) is 10.4 Å². The van der Waals surface area contributed by atoms with Gasteiger partial charge in [0, 0.05) is 29.9 Å². The van der Waals surface area contributed by atoms with Crippen molar-refractivity contribution in [1.82, 2.24) is 10.2 Å². The molecule has 0 spiro atoms. The summed E-state index contributed by atoms with van der Waals surface area (Å²) in [4.78, 5) is 15.1. The van der Waals surface area contributed by atoms with Crippen LogP contribution in [0.2, 0.25) is 5.02 Å². The van der Waals surface area contributed by atoms with Crippen molar-refractivity contribution in [3.63, 3.8) is 0 Å². The molecule has 2 heterocycles. The van der Waals surface area contributed by atoms with Crippen molar-refractivity contribution in [2.75, 3.05) is 26.2 Å². The van der Waals surface area contributed by atoms with Crippen LogP contribution in [0.3, 0.4) is 0 Å². The molecule has 1 saturated heterocycles. The highest BCUT2D eigenvalue weighted by Crippen LogP contribution is 2.18. The van der Waals surface area contributed by atoms with E-state index in [1.165, 1.54) is 4.88 Å². The number of morpholine rings is 1. The summed E-state index contributed by atoms with van der Waals surface area (Å²) in [6.07, 6.45) is -0.323. The van der Waals surface area contributed by atoms with Crippen LogP contribution in [-0.4, -0.2) is 43.3 Å². The highest BCUT2D eigenvalue weighted by molar-refractivity contribution is 7.10.